The lowest BCUT2D eigenvalue weighted by Crippen LogP contribution is -2.44. The number of aliphatic imine (C=N–C) groups is 1. The fourth-order valence-corrected chi connectivity index (χ4v) is 0.961. The van der Waals surface area contributed by atoms with Crippen LogP contribution in [0, 0.1) is 0 Å². The van der Waals surface area contributed by atoms with Crippen LogP contribution >= 0.6 is 24.8 Å². The number of hydrogen-bond donors (Lipinski definition) is 3. The smallest absolute Gasteiger partial charge is 0.323 e. The lowest BCUT2D eigenvalue weighted by Gasteiger charge is -2.17. The molecule has 18 heavy (non-hydrogen) atoms. The van der Waals surface area contributed by atoms with Gasteiger partial charge in [0.05, 0.1) is 11.7 Å². The standard InChI is InChI=1S/C10H18FN3O2.2ClH/c1-7(12)14-5-3-4-8(11)6-10(2,13)9(15)16;;/h4H,3,5-6,13H2,1-2H3,(H2,12,14)(H,15,16);2*1H/b8-4+;;. The van der Waals surface area contributed by atoms with Crippen molar-refractivity contribution < 1.29 is 14.3 Å². The third kappa shape index (κ3) is 10.3. The summed E-state index contributed by atoms with van der Waals surface area (Å²) in [6.07, 6.45) is 1.32. The lowest BCUT2D eigenvalue weighted by atomic mass is 9.98. The van der Waals surface area contributed by atoms with Gasteiger partial charge in [0.15, 0.2) is 0 Å². The molecule has 0 rings (SSSR count). The molecule has 0 saturated heterocycles. The number of amidine groups is 1. The molecule has 0 aromatic heterocycles. The van der Waals surface area contributed by atoms with Crippen molar-refractivity contribution in [2.45, 2.75) is 32.2 Å². The van der Waals surface area contributed by atoms with Gasteiger partial charge in [-0.2, -0.15) is 0 Å². The first-order valence-electron chi connectivity index (χ1n) is 4.89. The van der Waals surface area contributed by atoms with E-state index in [2.05, 4.69) is 4.99 Å². The lowest BCUT2D eigenvalue weighted by molar-refractivity contribution is -0.142. The zero-order valence-electron chi connectivity index (χ0n) is 10.4. The van der Waals surface area contributed by atoms with Crippen molar-refractivity contribution in [1.82, 2.24) is 0 Å². The van der Waals surface area contributed by atoms with Gasteiger partial charge < -0.3 is 16.6 Å². The van der Waals surface area contributed by atoms with E-state index in [1.54, 1.807) is 6.92 Å². The number of aliphatic carboxylic acids is 1. The Morgan fingerprint density at radius 3 is 2.39 bits per heavy atom. The molecule has 0 aromatic rings. The monoisotopic (exact) mass is 303 g/mol. The maximum absolute atomic E-state index is 13.2. The second-order valence-corrected chi connectivity index (χ2v) is 3.86. The highest BCUT2D eigenvalue weighted by atomic mass is 35.5. The van der Waals surface area contributed by atoms with E-state index in [1.807, 2.05) is 0 Å². The van der Waals surface area contributed by atoms with Crippen molar-refractivity contribution >= 4 is 36.6 Å². The molecule has 0 spiro atoms. The molecule has 5 N–H and O–H groups in total. The maximum atomic E-state index is 13.2. The summed E-state index contributed by atoms with van der Waals surface area (Å²) in [4.78, 5) is 14.5. The molecule has 1 atom stereocenters. The average molecular weight is 304 g/mol. The molecule has 0 aliphatic carbocycles. The van der Waals surface area contributed by atoms with Crippen LogP contribution in [0.3, 0.4) is 0 Å². The van der Waals surface area contributed by atoms with Crippen LogP contribution in [0.4, 0.5) is 4.39 Å². The number of nitrogens with zero attached hydrogens (tertiary/aromatic N) is 1. The zero-order chi connectivity index (χ0) is 12.8. The number of halogens is 3. The normalized spacial score (nSPS) is 15.1. The Bertz CT molecular complexity index is 316. The molecular weight excluding hydrogens is 284 g/mol. The van der Waals surface area contributed by atoms with Crippen LogP contribution in [-0.4, -0.2) is 29.0 Å². The Balaban J connectivity index is -0.00000112. The van der Waals surface area contributed by atoms with Gasteiger partial charge in [0.1, 0.15) is 5.54 Å². The van der Waals surface area contributed by atoms with Gasteiger partial charge in [-0.25, -0.2) is 4.39 Å². The zero-order valence-corrected chi connectivity index (χ0v) is 12.0. The molecule has 0 aromatic carbocycles. The van der Waals surface area contributed by atoms with Gasteiger partial charge in [-0.3, -0.25) is 9.79 Å². The van der Waals surface area contributed by atoms with Crippen molar-refractivity contribution in [3.8, 4) is 0 Å². The molecule has 0 aliphatic heterocycles. The Morgan fingerprint density at radius 2 is 2.00 bits per heavy atom. The van der Waals surface area contributed by atoms with Crippen LogP contribution in [0.1, 0.15) is 26.7 Å². The van der Waals surface area contributed by atoms with Gasteiger partial charge in [0, 0.05) is 13.0 Å². The molecule has 0 amide bonds. The highest BCUT2D eigenvalue weighted by Gasteiger charge is 2.29. The van der Waals surface area contributed by atoms with E-state index >= 15 is 0 Å². The number of carboxylic acid groups (broad SMARTS) is 1. The van der Waals surface area contributed by atoms with Gasteiger partial charge in [-0.1, -0.05) is 6.08 Å². The third-order valence-electron chi connectivity index (χ3n) is 1.88. The number of nitrogens with two attached hydrogens (primary N) is 2. The summed E-state index contributed by atoms with van der Waals surface area (Å²) in [6, 6.07) is 0. The molecule has 0 aliphatic rings. The Kier molecular flexibility index (Phi) is 12.5. The second kappa shape index (κ2) is 10.1. The largest absolute Gasteiger partial charge is 0.480 e. The summed E-state index contributed by atoms with van der Waals surface area (Å²) in [7, 11) is 0. The highest BCUT2D eigenvalue weighted by Crippen LogP contribution is 2.15. The predicted molar refractivity (Wildman–Crippen MR) is 75.3 cm³/mol. The van der Waals surface area contributed by atoms with Crippen molar-refractivity contribution in [2.24, 2.45) is 16.5 Å². The summed E-state index contributed by atoms with van der Waals surface area (Å²) in [5.74, 6) is -1.34. The number of rotatable bonds is 6. The van der Waals surface area contributed by atoms with Gasteiger partial charge in [0.2, 0.25) is 0 Å². The van der Waals surface area contributed by atoms with E-state index < -0.39 is 17.3 Å². The van der Waals surface area contributed by atoms with Crippen molar-refractivity contribution in [2.75, 3.05) is 6.54 Å². The SMILES string of the molecule is CC(N)=NCC/C=C(/F)CC(C)(N)C(=O)O.Cl.Cl. The summed E-state index contributed by atoms with van der Waals surface area (Å²) < 4.78 is 13.2. The number of hydrogen-bond acceptors (Lipinski definition) is 3. The summed E-state index contributed by atoms with van der Waals surface area (Å²) >= 11 is 0. The predicted octanol–water partition coefficient (Wildman–Crippen LogP) is 1.64. The molecule has 108 valence electrons. The molecule has 0 radical (unpaired) electrons. The van der Waals surface area contributed by atoms with E-state index in [0.29, 0.717) is 18.8 Å². The molecule has 0 bridgehead atoms. The van der Waals surface area contributed by atoms with Crippen LogP contribution in [0.15, 0.2) is 16.9 Å². The van der Waals surface area contributed by atoms with E-state index in [1.165, 1.54) is 13.0 Å². The van der Waals surface area contributed by atoms with Crippen molar-refractivity contribution in [1.29, 1.82) is 0 Å². The van der Waals surface area contributed by atoms with Crippen LogP contribution < -0.4 is 11.5 Å². The van der Waals surface area contributed by atoms with E-state index in [4.69, 9.17) is 16.6 Å². The Morgan fingerprint density at radius 1 is 1.50 bits per heavy atom. The first kappa shape index (κ1) is 22.3. The maximum Gasteiger partial charge on any atom is 0.323 e. The molecule has 0 heterocycles. The topological polar surface area (TPSA) is 102 Å². The quantitative estimate of drug-likeness (QED) is 0.394. The first-order chi connectivity index (χ1) is 7.25. The van der Waals surface area contributed by atoms with Gasteiger partial charge >= 0.3 is 5.97 Å². The van der Waals surface area contributed by atoms with E-state index in [-0.39, 0.29) is 31.2 Å². The molecule has 5 nitrogen and oxygen atoms in total. The molecule has 1 unspecified atom stereocenters. The van der Waals surface area contributed by atoms with Crippen LogP contribution in [-0.2, 0) is 4.79 Å². The van der Waals surface area contributed by atoms with Crippen LogP contribution in [0.25, 0.3) is 0 Å². The second-order valence-electron chi connectivity index (χ2n) is 3.86. The summed E-state index contributed by atoms with van der Waals surface area (Å²) in [5, 5.41) is 8.68. The Hall–Kier alpha value is -0.850. The molecule has 8 heteroatoms. The first-order valence-corrected chi connectivity index (χ1v) is 4.89. The number of carbonyl (C=O) groups is 1. The van der Waals surface area contributed by atoms with Crippen molar-refractivity contribution in [3.63, 3.8) is 0 Å². The van der Waals surface area contributed by atoms with E-state index in [9.17, 15) is 9.18 Å². The minimum absolute atomic E-state index is 0. The van der Waals surface area contributed by atoms with Gasteiger partial charge in [-0.15, -0.1) is 24.8 Å². The van der Waals surface area contributed by atoms with E-state index in [0.717, 1.165) is 0 Å². The number of carboxylic acids is 1. The summed E-state index contributed by atoms with van der Waals surface area (Å²) in [5.41, 5.74) is 9.10. The molecule has 0 saturated carbocycles. The van der Waals surface area contributed by atoms with Gasteiger partial charge in [0.25, 0.3) is 0 Å². The van der Waals surface area contributed by atoms with Crippen LogP contribution in [0.2, 0.25) is 0 Å². The third-order valence-corrected chi connectivity index (χ3v) is 1.88. The fourth-order valence-electron chi connectivity index (χ4n) is 0.961. The van der Waals surface area contributed by atoms with Crippen LogP contribution in [0.5, 0.6) is 0 Å². The molecular formula is C10H20Cl2FN3O2. The van der Waals surface area contributed by atoms with Gasteiger partial charge in [-0.05, 0) is 20.3 Å². The summed E-state index contributed by atoms with van der Waals surface area (Å²) in [6.45, 7) is 3.29. The average Bonchev–Trinajstić information content (AvgIpc) is 2.11. The minimum atomic E-state index is -1.58. The Labute approximate surface area is 118 Å². The fraction of sp³-hybridized carbons (Fsp3) is 0.600. The highest BCUT2D eigenvalue weighted by molar-refractivity contribution is 5.85. The molecule has 0 fully saturated rings. The van der Waals surface area contributed by atoms with Crippen molar-refractivity contribution in [3.05, 3.63) is 11.9 Å². The minimum Gasteiger partial charge on any atom is -0.480 e.